The molecule has 0 unspecified atom stereocenters. The Balaban J connectivity index is 2.34. The van der Waals surface area contributed by atoms with Crippen molar-refractivity contribution in [3.8, 4) is 0 Å². The normalized spacial score (nSPS) is 10.5. The van der Waals surface area contributed by atoms with Crippen LogP contribution in [-0.4, -0.2) is 27.2 Å². The Labute approximate surface area is 74.3 Å². The van der Waals surface area contributed by atoms with Gasteiger partial charge >= 0.3 is 5.97 Å². The summed E-state index contributed by atoms with van der Waals surface area (Å²) in [5.41, 5.74) is 1.04. The van der Waals surface area contributed by atoms with Gasteiger partial charge in [-0.25, -0.2) is 14.3 Å². The zero-order valence-electron chi connectivity index (χ0n) is 7.15. The summed E-state index contributed by atoms with van der Waals surface area (Å²) in [7, 11) is 0. The zero-order valence-corrected chi connectivity index (χ0v) is 7.15. The standard InChI is InChI=1S/C8H9N3O2/c1-2-13-8(12)6-5-11-7(10-6)3-4-9-11/h3-5,9H,2H2,1H3. The van der Waals surface area contributed by atoms with E-state index in [-0.39, 0.29) is 5.97 Å². The summed E-state index contributed by atoms with van der Waals surface area (Å²) >= 11 is 0. The van der Waals surface area contributed by atoms with Gasteiger partial charge in [-0.15, -0.1) is 0 Å². The van der Waals surface area contributed by atoms with Crippen LogP contribution in [0.2, 0.25) is 0 Å². The lowest BCUT2D eigenvalue weighted by molar-refractivity contribution is 0.0520. The number of nitrogens with zero attached hydrogens (tertiary/aromatic N) is 2. The van der Waals surface area contributed by atoms with E-state index in [4.69, 9.17) is 4.74 Å². The maximum atomic E-state index is 11.2. The highest BCUT2D eigenvalue weighted by Crippen LogP contribution is 2.04. The Morgan fingerprint density at radius 1 is 1.77 bits per heavy atom. The molecule has 13 heavy (non-hydrogen) atoms. The highest BCUT2D eigenvalue weighted by molar-refractivity contribution is 5.87. The van der Waals surface area contributed by atoms with Crippen LogP contribution in [0.15, 0.2) is 18.5 Å². The Bertz CT molecular complexity index is 401. The second-order valence-corrected chi connectivity index (χ2v) is 2.54. The molecule has 5 heteroatoms. The Morgan fingerprint density at radius 2 is 2.62 bits per heavy atom. The van der Waals surface area contributed by atoms with E-state index in [0.717, 1.165) is 0 Å². The SMILES string of the molecule is CCOC(=O)c1cn2[nH]ccc2n1. The predicted molar refractivity (Wildman–Crippen MR) is 45.5 cm³/mol. The van der Waals surface area contributed by atoms with Gasteiger partial charge in [-0.2, -0.15) is 0 Å². The molecule has 0 bridgehead atoms. The second kappa shape index (κ2) is 2.93. The minimum atomic E-state index is -0.389. The number of ether oxygens (including phenoxy) is 1. The number of fused-ring (bicyclic) bond motifs is 1. The van der Waals surface area contributed by atoms with Crippen molar-refractivity contribution in [2.75, 3.05) is 6.61 Å². The number of imidazole rings is 1. The molecule has 0 aliphatic heterocycles. The lowest BCUT2D eigenvalue weighted by Crippen LogP contribution is -2.04. The average molecular weight is 179 g/mol. The summed E-state index contributed by atoms with van der Waals surface area (Å²) in [4.78, 5) is 15.2. The van der Waals surface area contributed by atoms with Gasteiger partial charge in [-0.3, -0.25) is 0 Å². The lowest BCUT2D eigenvalue weighted by atomic mass is 10.5. The van der Waals surface area contributed by atoms with E-state index in [1.165, 1.54) is 0 Å². The molecule has 0 aromatic carbocycles. The molecule has 0 atom stereocenters. The highest BCUT2D eigenvalue weighted by atomic mass is 16.5. The number of aromatic amines is 1. The molecule has 0 aliphatic rings. The summed E-state index contributed by atoms with van der Waals surface area (Å²) in [5, 5.41) is 2.88. The Morgan fingerprint density at radius 3 is 3.31 bits per heavy atom. The number of aromatic nitrogens is 3. The summed E-state index contributed by atoms with van der Waals surface area (Å²) in [6.07, 6.45) is 3.35. The molecular formula is C8H9N3O2. The molecule has 2 heterocycles. The fourth-order valence-electron chi connectivity index (χ4n) is 1.11. The van der Waals surface area contributed by atoms with Crippen LogP contribution in [0.1, 0.15) is 17.4 Å². The van der Waals surface area contributed by atoms with E-state index in [1.807, 2.05) is 0 Å². The van der Waals surface area contributed by atoms with E-state index < -0.39 is 0 Å². The molecule has 5 nitrogen and oxygen atoms in total. The largest absolute Gasteiger partial charge is 0.461 e. The minimum absolute atomic E-state index is 0.328. The zero-order chi connectivity index (χ0) is 9.26. The number of hydrogen-bond donors (Lipinski definition) is 1. The van der Waals surface area contributed by atoms with Crippen molar-refractivity contribution in [3.63, 3.8) is 0 Å². The smallest absolute Gasteiger partial charge is 0.358 e. The van der Waals surface area contributed by atoms with Crippen LogP contribution in [0.25, 0.3) is 5.65 Å². The van der Waals surface area contributed by atoms with Crippen molar-refractivity contribution >= 4 is 11.6 Å². The van der Waals surface area contributed by atoms with Crippen LogP contribution >= 0.6 is 0 Å². The number of carbonyl (C=O) groups excluding carboxylic acids is 1. The Hall–Kier alpha value is -1.78. The van der Waals surface area contributed by atoms with Gasteiger partial charge in [0.05, 0.1) is 12.8 Å². The first-order valence-electron chi connectivity index (χ1n) is 4.01. The highest BCUT2D eigenvalue weighted by Gasteiger charge is 2.11. The molecule has 0 spiro atoms. The first-order valence-corrected chi connectivity index (χ1v) is 4.01. The quantitative estimate of drug-likeness (QED) is 0.695. The number of H-pyrrole nitrogens is 1. The summed E-state index contributed by atoms with van der Waals surface area (Å²) in [6, 6.07) is 1.78. The van der Waals surface area contributed by atoms with Crippen molar-refractivity contribution in [3.05, 3.63) is 24.2 Å². The van der Waals surface area contributed by atoms with Crippen LogP contribution in [-0.2, 0) is 4.74 Å². The molecule has 2 aromatic rings. The molecule has 0 fully saturated rings. The second-order valence-electron chi connectivity index (χ2n) is 2.54. The molecule has 0 radical (unpaired) electrons. The molecule has 1 N–H and O–H groups in total. The van der Waals surface area contributed by atoms with Gasteiger partial charge < -0.3 is 9.84 Å². The van der Waals surface area contributed by atoms with Crippen molar-refractivity contribution in [2.45, 2.75) is 6.92 Å². The molecule has 0 saturated carbocycles. The molecule has 0 amide bonds. The molecule has 0 saturated heterocycles. The van der Waals surface area contributed by atoms with Gasteiger partial charge in [0.2, 0.25) is 0 Å². The maximum absolute atomic E-state index is 11.2. The number of rotatable bonds is 2. The third kappa shape index (κ3) is 1.28. The summed E-state index contributed by atoms with van der Waals surface area (Å²) in [5.74, 6) is -0.389. The molecule has 68 valence electrons. The average Bonchev–Trinajstić information content (AvgIpc) is 2.61. The number of hydrogen-bond acceptors (Lipinski definition) is 3. The van der Waals surface area contributed by atoms with Crippen molar-refractivity contribution in [2.24, 2.45) is 0 Å². The van der Waals surface area contributed by atoms with Crippen LogP contribution in [0.4, 0.5) is 0 Å². The van der Waals surface area contributed by atoms with Crippen LogP contribution in [0, 0.1) is 0 Å². The molecular weight excluding hydrogens is 170 g/mol. The van der Waals surface area contributed by atoms with Gasteiger partial charge in [0, 0.05) is 12.3 Å². The van der Waals surface area contributed by atoms with Crippen LogP contribution < -0.4 is 0 Å². The van der Waals surface area contributed by atoms with Crippen molar-refractivity contribution in [1.29, 1.82) is 0 Å². The van der Waals surface area contributed by atoms with Gasteiger partial charge in [0.1, 0.15) is 0 Å². The van der Waals surface area contributed by atoms with E-state index in [2.05, 4.69) is 10.1 Å². The van der Waals surface area contributed by atoms with Gasteiger partial charge in [0.15, 0.2) is 11.3 Å². The van der Waals surface area contributed by atoms with E-state index in [9.17, 15) is 4.79 Å². The van der Waals surface area contributed by atoms with Crippen molar-refractivity contribution in [1.82, 2.24) is 14.6 Å². The first kappa shape index (κ1) is 7.85. The fourth-order valence-corrected chi connectivity index (χ4v) is 1.11. The minimum Gasteiger partial charge on any atom is -0.461 e. The van der Waals surface area contributed by atoms with E-state index in [0.29, 0.717) is 17.9 Å². The van der Waals surface area contributed by atoms with Crippen LogP contribution in [0.5, 0.6) is 0 Å². The molecule has 0 aliphatic carbocycles. The topological polar surface area (TPSA) is 59.4 Å². The Kier molecular flexibility index (Phi) is 1.77. The maximum Gasteiger partial charge on any atom is 0.358 e. The van der Waals surface area contributed by atoms with Crippen molar-refractivity contribution < 1.29 is 9.53 Å². The van der Waals surface area contributed by atoms with Gasteiger partial charge in [-0.05, 0) is 6.92 Å². The molecule has 2 aromatic heterocycles. The number of esters is 1. The van der Waals surface area contributed by atoms with Gasteiger partial charge in [0.25, 0.3) is 0 Å². The number of nitrogens with one attached hydrogen (secondary N) is 1. The third-order valence-corrected chi connectivity index (χ3v) is 1.66. The summed E-state index contributed by atoms with van der Waals surface area (Å²) in [6.45, 7) is 2.13. The van der Waals surface area contributed by atoms with E-state index >= 15 is 0 Å². The van der Waals surface area contributed by atoms with E-state index in [1.54, 1.807) is 29.9 Å². The number of carbonyl (C=O) groups is 1. The fraction of sp³-hybridized carbons (Fsp3) is 0.250. The first-order chi connectivity index (χ1) is 6.31. The van der Waals surface area contributed by atoms with Gasteiger partial charge in [-0.1, -0.05) is 0 Å². The predicted octanol–water partition coefficient (Wildman–Crippen LogP) is 0.839. The molecule has 2 rings (SSSR count). The third-order valence-electron chi connectivity index (χ3n) is 1.66. The van der Waals surface area contributed by atoms with Crippen LogP contribution in [0.3, 0.4) is 0 Å². The summed E-state index contributed by atoms with van der Waals surface area (Å²) < 4.78 is 6.46. The lowest BCUT2D eigenvalue weighted by Gasteiger charge is -1.95. The monoisotopic (exact) mass is 179 g/mol.